The number of fused-ring (bicyclic) bond motifs is 1. The molecule has 0 atom stereocenters. The van der Waals surface area contributed by atoms with Crippen LogP contribution in [0.15, 0.2) is 30.3 Å². The standard InChI is InChI=1S/C11H11N.ClH/c1-8-3-6-11-10(7-8)5-4-9(2)12-11;/h3-7H,1-2H3;1H. The number of rotatable bonds is 0. The van der Waals surface area contributed by atoms with Crippen LogP contribution in [-0.4, -0.2) is 4.98 Å². The summed E-state index contributed by atoms with van der Waals surface area (Å²) in [5.74, 6) is 0. The highest BCUT2D eigenvalue weighted by molar-refractivity contribution is 5.85. The Morgan fingerprint density at radius 1 is 1.00 bits per heavy atom. The van der Waals surface area contributed by atoms with Crippen LogP contribution in [0.1, 0.15) is 11.3 Å². The van der Waals surface area contributed by atoms with Gasteiger partial charge in [-0.15, -0.1) is 12.4 Å². The van der Waals surface area contributed by atoms with Gasteiger partial charge in [-0.25, -0.2) is 0 Å². The van der Waals surface area contributed by atoms with Gasteiger partial charge in [0.15, 0.2) is 0 Å². The third kappa shape index (κ3) is 1.99. The van der Waals surface area contributed by atoms with E-state index in [-0.39, 0.29) is 12.4 Å². The van der Waals surface area contributed by atoms with E-state index in [4.69, 9.17) is 0 Å². The van der Waals surface area contributed by atoms with Gasteiger partial charge in [0.2, 0.25) is 0 Å². The zero-order valence-electron chi connectivity index (χ0n) is 7.74. The second kappa shape index (κ2) is 3.75. The predicted molar refractivity (Wildman–Crippen MR) is 58.5 cm³/mol. The van der Waals surface area contributed by atoms with Gasteiger partial charge in [0.1, 0.15) is 0 Å². The number of hydrogen-bond donors (Lipinski definition) is 0. The first-order chi connectivity index (χ1) is 5.75. The van der Waals surface area contributed by atoms with Crippen molar-refractivity contribution >= 4 is 23.3 Å². The van der Waals surface area contributed by atoms with E-state index in [1.165, 1.54) is 10.9 Å². The highest BCUT2D eigenvalue weighted by Crippen LogP contribution is 2.13. The maximum atomic E-state index is 4.42. The Hall–Kier alpha value is -1.08. The summed E-state index contributed by atoms with van der Waals surface area (Å²) in [6.45, 7) is 4.11. The Morgan fingerprint density at radius 2 is 1.77 bits per heavy atom. The number of nitrogens with zero attached hydrogens (tertiary/aromatic N) is 1. The third-order valence-electron chi connectivity index (χ3n) is 1.98. The number of aryl methyl sites for hydroxylation is 2. The van der Waals surface area contributed by atoms with Crippen molar-refractivity contribution in [3.63, 3.8) is 0 Å². The van der Waals surface area contributed by atoms with E-state index in [0.29, 0.717) is 0 Å². The highest BCUT2D eigenvalue weighted by atomic mass is 35.5. The predicted octanol–water partition coefficient (Wildman–Crippen LogP) is 3.27. The molecular weight excluding hydrogens is 182 g/mol. The average Bonchev–Trinajstić information content (AvgIpc) is 2.05. The monoisotopic (exact) mass is 193 g/mol. The Morgan fingerprint density at radius 3 is 2.54 bits per heavy atom. The van der Waals surface area contributed by atoms with Crippen LogP contribution in [0, 0.1) is 13.8 Å². The average molecular weight is 194 g/mol. The molecule has 2 rings (SSSR count). The number of halogens is 1. The summed E-state index contributed by atoms with van der Waals surface area (Å²) in [5.41, 5.74) is 3.44. The molecule has 1 heterocycles. The van der Waals surface area contributed by atoms with Crippen molar-refractivity contribution in [2.45, 2.75) is 13.8 Å². The normalized spacial score (nSPS) is 9.69. The van der Waals surface area contributed by atoms with Gasteiger partial charge in [-0.2, -0.15) is 0 Å². The smallest absolute Gasteiger partial charge is 0.0705 e. The lowest BCUT2D eigenvalue weighted by atomic mass is 10.1. The number of aromatic nitrogens is 1. The molecule has 13 heavy (non-hydrogen) atoms. The van der Waals surface area contributed by atoms with Gasteiger partial charge in [-0.3, -0.25) is 4.98 Å². The fraction of sp³-hybridized carbons (Fsp3) is 0.182. The van der Waals surface area contributed by atoms with Crippen LogP contribution in [0.4, 0.5) is 0 Å². The highest BCUT2D eigenvalue weighted by Gasteiger charge is 1.94. The second-order valence-electron chi connectivity index (χ2n) is 3.15. The van der Waals surface area contributed by atoms with Gasteiger partial charge in [-0.05, 0) is 32.0 Å². The van der Waals surface area contributed by atoms with Gasteiger partial charge >= 0.3 is 0 Å². The van der Waals surface area contributed by atoms with Crippen molar-refractivity contribution in [3.05, 3.63) is 41.6 Å². The summed E-state index contributed by atoms with van der Waals surface area (Å²) < 4.78 is 0. The molecule has 68 valence electrons. The van der Waals surface area contributed by atoms with Crippen LogP contribution in [-0.2, 0) is 0 Å². The molecule has 0 aliphatic heterocycles. The quantitative estimate of drug-likeness (QED) is 0.626. The van der Waals surface area contributed by atoms with Crippen molar-refractivity contribution in [2.75, 3.05) is 0 Å². The van der Waals surface area contributed by atoms with Crippen molar-refractivity contribution < 1.29 is 0 Å². The van der Waals surface area contributed by atoms with Crippen molar-refractivity contribution in [1.29, 1.82) is 0 Å². The molecule has 1 aromatic heterocycles. The van der Waals surface area contributed by atoms with Crippen LogP contribution >= 0.6 is 12.4 Å². The molecule has 0 radical (unpaired) electrons. The van der Waals surface area contributed by atoms with E-state index in [1.54, 1.807) is 0 Å². The fourth-order valence-electron chi connectivity index (χ4n) is 1.35. The minimum absolute atomic E-state index is 0. The minimum Gasteiger partial charge on any atom is -0.253 e. The van der Waals surface area contributed by atoms with E-state index in [2.05, 4.69) is 36.2 Å². The van der Waals surface area contributed by atoms with E-state index in [1.807, 2.05) is 13.0 Å². The molecule has 0 amide bonds. The SMILES string of the molecule is Cc1ccc2nc(C)ccc2c1.Cl. The Bertz CT molecular complexity index is 382. The molecule has 0 aliphatic carbocycles. The Labute approximate surface area is 84.2 Å². The molecule has 1 aromatic carbocycles. The zero-order valence-corrected chi connectivity index (χ0v) is 8.56. The van der Waals surface area contributed by atoms with E-state index < -0.39 is 0 Å². The van der Waals surface area contributed by atoms with Crippen LogP contribution < -0.4 is 0 Å². The maximum Gasteiger partial charge on any atom is 0.0705 e. The summed E-state index contributed by atoms with van der Waals surface area (Å²) in [6.07, 6.45) is 0. The third-order valence-corrected chi connectivity index (χ3v) is 1.98. The molecule has 0 saturated heterocycles. The van der Waals surface area contributed by atoms with Crippen LogP contribution in [0.5, 0.6) is 0 Å². The number of benzene rings is 1. The summed E-state index contributed by atoms with van der Waals surface area (Å²) in [4.78, 5) is 4.42. The molecular formula is C11H12ClN. The minimum atomic E-state index is 0. The first kappa shape index (κ1) is 10.0. The van der Waals surface area contributed by atoms with Gasteiger partial charge in [0, 0.05) is 11.1 Å². The van der Waals surface area contributed by atoms with Crippen LogP contribution in [0.2, 0.25) is 0 Å². The van der Waals surface area contributed by atoms with Gasteiger partial charge in [0.05, 0.1) is 5.52 Å². The molecule has 2 heteroatoms. The van der Waals surface area contributed by atoms with Crippen molar-refractivity contribution in [2.24, 2.45) is 0 Å². The zero-order chi connectivity index (χ0) is 8.55. The van der Waals surface area contributed by atoms with Crippen LogP contribution in [0.3, 0.4) is 0 Å². The van der Waals surface area contributed by atoms with Crippen LogP contribution in [0.25, 0.3) is 10.9 Å². The largest absolute Gasteiger partial charge is 0.253 e. The second-order valence-corrected chi connectivity index (χ2v) is 3.15. The lowest BCUT2D eigenvalue weighted by Gasteiger charge is -1.99. The van der Waals surface area contributed by atoms with Gasteiger partial charge in [-0.1, -0.05) is 17.7 Å². The summed E-state index contributed by atoms with van der Waals surface area (Å²) >= 11 is 0. The lowest BCUT2D eigenvalue weighted by molar-refractivity contribution is 1.25. The Kier molecular flexibility index (Phi) is 2.89. The summed E-state index contributed by atoms with van der Waals surface area (Å²) in [5, 5.41) is 1.22. The molecule has 0 bridgehead atoms. The summed E-state index contributed by atoms with van der Waals surface area (Å²) in [6, 6.07) is 10.5. The molecule has 0 aliphatic rings. The first-order valence-electron chi connectivity index (χ1n) is 4.10. The van der Waals surface area contributed by atoms with Crippen molar-refractivity contribution in [3.8, 4) is 0 Å². The van der Waals surface area contributed by atoms with Gasteiger partial charge in [0.25, 0.3) is 0 Å². The molecule has 0 fully saturated rings. The van der Waals surface area contributed by atoms with Gasteiger partial charge < -0.3 is 0 Å². The summed E-state index contributed by atoms with van der Waals surface area (Å²) in [7, 11) is 0. The number of pyridine rings is 1. The first-order valence-corrected chi connectivity index (χ1v) is 4.10. The van der Waals surface area contributed by atoms with Crippen molar-refractivity contribution in [1.82, 2.24) is 4.98 Å². The fourth-order valence-corrected chi connectivity index (χ4v) is 1.35. The van der Waals surface area contributed by atoms with E-state index in [9.17, 15) is 0 Å². The molecule has 0 saturated carbocycles. The Balaban J connectivity index is 0.000000845. The van der Waals surface area contributed by atoms with E-state index in [0.717, 1.165) is 11.2 Å². The number of hydrogen-bond acceptors (Lipinski definition) is 1. The molecule has 2 aromatic rings. The molecule has 1 nitrogen and oxygen atoms in total. The maximum absolute atomic E-state index is 4.42. The molecule has 0 unspecified atom stereocenters. The molecule has 0 spiro atoms. The van der Waals surface area contributed by atoms with E-state index >= 15 is 0 Å². The lowest BCUT2D eigenvalue weighted by Crippen LogP contribution is -1.82. The molecule has 0 N–H and O–H groups in total. The topological polar surface area (TPSA) is 12.9 Å².